The van der Waals surface area contributed by atoms with Gasteiger partial charge in [-0.15, -0.1) is 13.2 Å². The lowest BCUT2D eigenvalue weighted by atomic mass is 10.1. The molecule has 0 unspecified atom stereocenters. The molecule has 1 N–H and O–H groups in total. The minimum Gasteiger partial charge on any atom is -0.322 e. The summed E-state index contributed by atoms with van der Waals surface area (Å²) in [7, 11) is 0. The number of hydrogen-bond donors (Lipinski definition) is 1. The summed E-state index contributed by atoms with van der Waals surface area (Å²) in [5.74, 6) is -0.0429. The molecule has 0 radical (unpaired) electrons. The first-order valence-corrected chi connectivity index (χ1v) is 4.30. The van der Waals surface area contributed by atoms with Crippen LogP contribution in [0.4, 0.5) is 0 Å². The molecular formula is C12H13NO. The van der Waals surface area contributed by atoms with Gasteiger partial charge in [0.25, 0.3) is 5.91 Å². The molecule has 0 aromatic heterocycles. The molecule has 2 rings (SSSR count). The monoisotopic (exact) mass is 187 g/mol. The zero-order valence-electron chi connectivity index (χ0n) is 8.26. The molecule has 1 aromatic carbocycles. The van der Waals surface area contributed by atoms with E-state index in [0.29, 0.717) is 5.70 Å². The maximum atomic E-state index is 11.3. The van der Waals surface area contributed by atoms with Crippen LogP contribution in [0.1, 0.15) is 21.5 Å². The Balaban J connectivity index is 0.000000461. The van der Waals surface area contributed by atoms with Gasteiger partial charge in [-0.1, -0.05) is 24.3 Å². The van der Waals surface area contributed by atoms with Crippen LogP contribution in [0, 0.1) is 6.92 Å². The molecular weight excluding hydrogens is 174 g/mol. The third kappa shape index (κ3) is 1.59. The van der Waals surface area contributed by atoms with E-state index < -0.39 is 0 Å². The second-order valence-corrected chi connectivity index (χ2v) is 2.98. The van der Waals surface area contributed by atoms with Crippen molar-refractivity contribution >= 4 is 11.6 Å². The second-order valence-electron chi connectivity index (χ2n) is 2.98. The quantitative estimate of drug-likeness (QED) is 0.621. The van der Waals surface area contributed by atoms with Crippen LogP contribution in [0.15, 0.2) is 37.9 Å². The SMILES string of the molecule is C=C.C=C1NC(=O)c2cc(C)ccc21. The molecule has 1 amide bonds. The van der Waals surface area contributed by atoms with E-state index in [9.17, 15) is 4.79 Å². The smallest absolute Gasteiger partial charge is 0.256 e. The summed E-state index contributed by atoms with van der Waals surface area (Å²) in [5.41, 5.74) is 3.46. The van der Waals surface area contributed by atoms with E-state index in [0.717, 1.165) is 16.7 Å². The summed E-state index contributed by atoms with van der Waals surface area (Å²) in [6.45, 7) is 11.7. The highest BCUT2D eigenvalue weighted by atomic mass is 16.1. The van der Waals surface area contributed by atoms with Crippen molar-refractivity contribution in [3.63, 3.8) is 0 Å². The summed E-state index contributed by atoms with van der Waals surface area (Å²) in [6, 6.07) is 5.78. The van der Waals surface area contributed by atoms with Gasteiger partial charge in [0.2, 0.25) is 0 Å². The number of hydrogen-bond acceptors (Lipinski definition) is 1. The van der Waals surface area contributed by atoms with E-state index in [2.05, 4.69) is 25.1 Å². The molecule has 0 saturated carbocycles. The fourth-order valence-electron chi connectivity index (χ4n) is 1.38. The highest BCUT2D eigenvalue weighted by molar-refractivity contribution is 6.08. The Morgan fingerprint density at radius 1 is 1.21 bits per heavy atom. The van der Waals surface area contributed by atoms with Crippen molar-refractivity contribution in [3.8, 4) is 0 Å². The van der Waals surface area contributed by atoms with Crippen molar-refractivity contribution in [3.05, 3.63) is 54.6 Å². The lowest BCUT2D eigenvalue weighted by Gasteiger charge is -1.96. The number of rotatable bonds is 0. The van der Waals surface area contributed by atoms with Crippen LogP contribution >= 0.6 is 0 Å². The van der Waals surface area contributed by atoms with Gasteiger partial charge in [0.15, 0.2) is 0 Å². The molecule has 0 aliphatic carbocycles. The van der Waals surface area contributed by atoms with Crippen LogP contribution < -0.4 is 5.32 Å². The fourth-order valence-corrected chi connectivity index (χ4v) is 1.38. The van der Waals surface area contributed by atoms with E-state index in [4.69, 9.17) is 0 Å². The molecule has 0 fully saturated rings. The average molecular weight is 187 g/mol. The van der Waals surface area contributed by atoms with E-state index >= 15 is 0 Å². The highest BCUT2D eigenvalue weighted by Crippen LogP contribution is 2.23. The summed E-state index contributed by atoms with van der Waals surface area (Å²) in [6.07, 6.45) is 0. The predicted octanol–water partition coefficient (Wildman–Crippen LogP) is 2.51. The Kier molecular flexibility index (Phi) is 2.87. The Morgan fingerprint density at radius 2 is 1.86 bits per heavy atom. The van der Waals surface area contributed by atoms with E-state index in [1.54, 1.807) is 0 Å². The number of amides is 1. The van der Waals surface area contributed by atoms with Gasteiger partial charge in [0.05, 0.1) is 0 Å². The van der Waals surface area contributed by atoms with Crippen molar-refractivity contribution in [2.75, 3.05) is 0 Å². The Hall–Kier alpha value is -1.83. The number of nitrogens with one attached hydrogen (secondary N) is 1. The highest BCUT2D eigenvalue weighted by Gasteiger charge is 2.21. The van der Waals surface area contributed by atoms with Gasteiger partial charge >= 0.3 is 0 Å². The van der Waals surface area contributed by atoms with Crippen LogP contribution in [0.25, 0.3) is 5.70 Å². The Bertz CT molecular complexity index is 393. The predicted molar refractivity (Wildman–Crippen MR) is 58.9 cm³/mol. The maximum absolute atomic E-state index is 11.3. The van der Waals surface area contributed by atoms with Crippen molar-refractivity contribution in [1.82, 2.24) is 5.32 Å². The van der Waals surface area contributed by atoms with Crippen molar-refractivity contribution < 1.29 is 4.79 Å². The van der Waals surface area contributed by atoms with Gasteiger partial charge in [0, 0.05) is 16.8 Å². The van der Waals surface area contributed by atoms with E-state index in [1.807, 2.05) is 25.1 Å². The normalized spacial score (nSPS) is 12.6. The molecule has 0 atom stereocenters. The van der Waals surface area contributed by atoms with E-state index in [1.165, 1.54) is 0 Å². The van der Waals surface area contributed by atoms with Crippen LogP contribution in [0.2, 0.25) is 0 Å². The average Bonchev–Trinajstić information content (AvgIpc) is 2.46. The van der Waals surface area contributed by atoms with Gasteiger partial charge in [-0.05, 0) is 13.0 Å². The summed E-state index contributed by atoms with van der Waals surface area (Å²) in [5, 5.41) is 2.68. The lowest BCUT2D eigenvalue weighted by Crippen LogP contribution is -2.11. The minimum absolute atomic E-state index is 0.0429. The molecule has 14 heavy (non-hydrogen) atoms. The molecule has 0 spiro atoms. The zero-order chi connectivity index (χ0) is 10.7. The minimum atomic E-state index is -0.0429. The Labute approximate surface area is 84.0 Å². The molecule has 2 nitrogen and oxygen atoms in total. The summed E-state index contributed by atoms with van der Waals surface area (Å²) < 4.78 is 0. The standard InChI is InChI=1S/C10H9NO.C2H4/c1-6-3-4-8-7(2)11-10(12)9(8)5-6;1-2/h3-5H,2H2,1H3,(H,11,12);1-2H2. The van der Waals surface area contributed by atoms with Crippen LogP contribution in [0.3, 0.4) is 0 Å². The van der Waals surface area contributed by atoms with Crippen molar-refractivity contribution in [2.24, 2.45) is 0 Å². The zero-order valence-corrected chi connectivity index (χ0v) is 8.26. The molecule has 2 heteroatoms. The molecule has 1 heterocycles. The fraction of sp³-hybridized carbons (Fsp3) is 0.0833. The lowest BCUT2D eigenvalue weighted by molar-refractivity contribution is 0.0981. The summed E-state index contributed by atoms with van der Waals surface area (Å²) >= 11 is 0. The van der Waals surface area contributed by atoms with Crippen LogP contribution in [0.5, 0.6) is 0 Å². The molecule has 1 aromatic rings. The second kappa shape index (κ2) is 3.92. The topological polar surface area (TPSA) is 29.1 Å². The molecule has 1 aliphatic rings. The van der Waals surface area contributed by atoms with Gasteiger partial charge < -0.3 is 5.32 Å². The van der Waals surface area contributed by atoms with E-state index in [-0.39, 0.29) is 5.91 Å². The summed E-state index contributed by atoms with van der Waals surface area (Å²) in [4.78, 5) is 11.3. The van der Waals surface area contributed by atoms with Crippen LogP contribution in [-0.2, 0) is 0 Å². The first-order valence-electron chi connectivity index (χ1n) is 4.30. The number of carbonyl (C=O) groups excluding carboxylic acids is 1. The number of fused-ring (bicyclic) bond motifs is 1. The molecule has 0 bridgehead atoms. The third-order valence-electron chi connectivity index (χ3n) is 2.01. The number of aryl methyl sites for hydroxylation is 1. The molecule has 0 saturated heterocycles. The molecule has 72 valence electrons. The van der Waals surface area contributed by atoms with Gasteiger partial charge in [0.1, 0.15) is 0 Å². The largest absolute Gasteiger partial charge is 0.322 e. The molecule has 1 aliphatic heterocycles. The third-order valence-corrected chi connectivity index (χ3v) is 2.01. The maximum Gasteiger partial charge on any atom is 0.256 e. The first-order chi connectivity index (χ1) is 6.68. The van der Waals surface area contributed by atoms with Gasteiger partial charge in [-0.25, -0.2) is 0 Å². The van der Waals surface area contributed by atoms with Gasteiger partial charge in [-0.3, -0.25) is 4.79 Å². The number of carbonyl (C=O) groups is 1. The first kappa shape index (κ1) is 10.3. The van der Waals surface area contributed by atoms with Gasteiger partial charge in [-0.2, -0.15) is 0 Å². The van der Waals surface area contributed by atoms with Crippen molar-refractivity contribution in [2.45, 2.75) is 6.92 Å². The van der Waals surface area contributed by atoms with Crippen LogP contribution in [-0.4, -0.2) is 5.91 Å². The number of benzene rings is 1. The van der Waals surface area contributed by atoms with Crippen molar-refractivity contribution in [1.29, 1.82) is 0 Å². The Morgan fingerprint density at radius 3 is 2.50 bits per heavy atom.